The van der Waals surface area contributed by atoms with Crippen LogP contribution >= 0.6 is 0 Å². The van der Waals surface area contributed by atoms with Crippen molar-refractivity contribution in [3.05, 3.63) is 42.1 Å². The maximum absolute atomic E-state index is 12.4. The first-order chi connectivity index (χ1) is 9.76. The molecule has 0 bridgehead atoms. The van der Waals surface area contributed by atoms with Gasteiger partial charge in [0.1, 0.15) is 0 Å². The summed E-state index contributed by atoms with van der Waals surface area (Å²) in [5, 5.41) is 3.80. The molecule has 0 saturated carbocycles. The van der Waals surface area contributed by atoms with Crippen molar-refractivity contribution >= 4 is 16.8 Å². The van der Waals surface area contributed by atoms with Gasteiger partial charge in [0, 0.05) is 18.7 Å². The minimum atomic E-state index is -0.126. The standard InChI is InChI=1S/C15H19N3O2/c1-20-10-11(6-8-16)18-15(19)13-7-9-17-14-5-3-2-4-12(13)14/h2-5,7,9,11H,6,8,10,16H2,1H3,(H,18,19). The highest BCUT2D eigenvalue weighted by molar-refractivity contribution is 6.06. The maximum Gasteiger partial charge on any atom is 0.252 e. The summed E-state index contributed by atoms with van der Waals surface area (Å²) in [5.74, 6) is -0.126. The number of nitrogens with one attached hydrogen (secondary N) is 1. The fraction of sp³-hybridized carbons (Fsp3) is 0.333. The van der Waals surface area contributed by atoms with Crippen LogP contribution in [0.25, 0.3) is 10.9 Å². The molecule has 0 aliphatic rings. The van der Waals surface area contributed by atoms with Crippen molar-refractivity contribution in [1.29, 1.82) is 0 Å². The zero-order valence-corrected chi connectivity index (χ0v) is 11.5. The Morgan fingerprint density at radius 2 is 2.20 bits per heavy atom. The topological polar surface area (TPSA) is 77.2 Å². The summed E-state index contributed by atoms with van der Waals surface area (Å²) in [6.07, 6.45) is 2.33. The molecule has 0 saturated heterocycles. The van der Waals surface area contributed by atoms with Crippen LogP contribution in [0.4, 0.5) is 0 Å². The van der Waals surface area contributed by atoms with Gasteiger partial charge in [-0.25, -0.2) is 0 Å². The van der Waals surface area contributed by atoms with Crippen molar-refractivity contribution in [3.63, 3.8) is 0 Å². The Labute approximate surface area is 118 Å². The molecule has 20 heavy (non-hydrogen) atoms. The number of hydrogen-bond acceptors (Lipinski definition) is 4. The average molecular weight is 273 g/mol. The first kappa shape index (κ1) is 14.4. The van der Waals surface area contributed by atoms with Crippen molar-refractivity contribution in [3.8, 4) is 0 Å². The summed E-state index contributed by atoms with van der Waals surface area (Å²) in [6.45, 7) is 0.956. The Kier molecular flexibility index (Phi) is 5.03. The Bertz CT molecular complexity index is 575. The molecule has 1 aromatic heterocycles. The lowest BCUT2D eigenvalue weighted by Gasteiger charge is -2.17. The number of methoxy groups -OCH3 is 1. The van der Waals surface area contributed by atoms with E-state index < -0.39 is 0 Å². The Balaban J connectivity index is 2.22. The van der Waals surface area contributed by atoms with E-state index >= 15 is 0 Å². The number of rotatable bonds is 6. The Morgan fingerprint density at radius 3 is 2.95 bits per heavy atom. The molecule has 0 spiro atoms. The molecule has 1 aromatic carbocycles. The second-order valence-corrected chi connectivity index (χ2v) is 4.58. The van der Waals surface area contributed by atoms with Gasteiger partial charge < -0.3 is 15.8 Å². The second-order valence-electron chi connectivity index (χ2n) is 4.58. The van der Waals surface area contributed by atoms with E-state index in [0.29, 0.717) is 25.1 Å². The molecular formula is C15H19N3O2. The molecule has 106 valence electrons. The number of ether oxygens (including phenoxy) is 1. The molecule has 5 nitrogen and oxygen atoms in total. The summed E-state index contributed by atoms with van der Waals surface area (Å²) in [6, 6.07) is 9.23. The molecule has 2 aromatic rings. The molecule has 5 heteroatoms. The molecule has 0 fully saturated rings. The van der Waals surface area contributed by atoms with E-state index in [1.54, 1.807) is 19.4 Å². The number of para-hydroxylation sites is 1. The first-order valence-corrected chi connectivity index (χ1v) is 6.60. The third kappa shape index (κ3) is 3.31. The van der Waals surface area contributed by atoms with Gasteiger partial charge in [-0.2, -0.15) is 0 Å². The van der Waals surface area contributed by atoms with Crippen molar-refractivity contribution < 1.29 is 9.53 Å². The second kappa shape index (κ2) is 6.98. The van der Waals surface area contributed by atoms with Crippen LogP contribution in [0.2, 0.25) is 0 Å². The van der Waals surface area contributed by atoms with Crippen LogP contribution in [-0.4, -0.2) is 37.2 Å². The molecule has 0 aliphatic carbocycles. The van der Waals surface area contributed by atoms with E-state index in [1.807, 2.05) is 24.3 Å². The smallest absolute Gasteiger partial charge is 0.252 e. The van der Waals surface area contributed by atoms with Crippen LogP contribution in [-0.2, 0) is 4.74 Å². The molecule has 1 amide bonds. The fourth-order valence-electron chi connectivity index (χ4n) is 2.16. The zero-order valence-electron chi connectivity index (χ0n) is 11.5. The number of benzene rings is 1. The van der Waals surface area contributed by atoms with E-state index in [-0.39, 0.29) is 11.9 Å². The highest BCUT2D eigenvalue weighted by Crippen LogP contribution is 2.16. The lowest BCUT2D eigenvalue weighted by molar-refractivity contribution is 0.0895. The van der Waals surface area contributed by atoms with E-state index in [4.69, 9.17) is 10.5 Å². The van der Waals surface area contributed by atoms with Gasteiger partial charge in [-0.15, -0.1) is 0 Å². The molecule has 2 rings (SSSR count). The quantitative estimate of drug-likeness (QED) is 0.832. The summed E-state index contributed by atoms with van der Waals surface area (Å²) in [5.41, 5.74) is 6.97. The average Bonchev–Trinajstić information content (AvgIpc) is 2.47. The maximum atomic E-state index is 12.4. The normalized spacial score (nSPS) is 12.3. The monoisotopic (exact) mass is 273 g/mol. The third-order valence-corrected chi connectivity index (χ3v) is 3.11. The van der Waals surface area contributed by atoms with Crippen LogP contribution in [0.3, 0.4) is 0 Å². The highest BCUT2D eigenvalue weighted by atomic mass is 16.5. The van der Waals surface area contributed by atoms with Gasteiger partial charge in [-0.05, 0) is 25.1 Å². The number of hydrogen-bond donors (Lipinski definition) is 2. The first-order valence-electron chi connectivity index (χ1n) is 6.60. The Hall–Kier alpha value is -1.98. The van der Waals surface area contributed by atoms with Gasteiger partial charge >= 0.3 is 0 Å². The highest BCUT2D eigenvalue weighted by Gasteiger charge is 2.15. The van der Waals surface area contributed by atoms with E-state index in [0.717, 1.165) is 10.9 Å². The summed E-state index contributed by atoms with van der Waals surface area (Å²) in [7, 11) is 1.61. The third-order valence-electron chi connectivity index (χ3n) is 3.11. The molecule has 3 N–H and O–H groups in total. The number of amides is 1. The lowest BCUT2D eigenvalue weighted by atomic mass is 10.1. The van der Waals surface area contributed by atoms with Gasteiger partial charge in [0.25, 0.3) is 5.91 Å². The van der Waals surface area contributed by atoms with Gasteiger partial charge in [0.05, 0.1) is 23.7 Å². The van der Waals surface area contributed by atoms with Gasteiger partial charge in [-0.1, -0.05) is 18.2 Å². The van der Waals surface area contributed by atoms with E-state index in [1.165, 1.54) is 0 Å². The lowest BCUT2D eigenvalue weighted by Crippen LogP contribution is -2.39. The van der Waals surface area contributed by atoms with Gasteiger partial charge in [-0.3, -0.25) is 9.78 Å². The Morgan fingerprint density at radius 1 is 1.40 bits per heavy atom. The van der Waals surface area contributed by atoms with Crippen LogP contribution in [0, 0.1) is 0 Å². The van der Waals surface area contributed by atoms with Crippen LogP contribution in [0.5, 0.6) is 0 Å². The molecule has 0 aliphatic heterocycles. The predicted octanol–water partition coefficient (Wildman–Crippen LogP) is 1.33. The number of nitrogens with zero attached hydrogens (tertiary/aromatic N) is 1. The molecule has 0 radical (unpaired) electrons. The fourth-order valence-corrected chi connectivity index (χ4v) is 2.16. The largest absolute Gasteiger partial charge is 0.383 e. The predicted molar refractivity (Wildman–Crippen MR) is 78.5 cm³/mol. The number of carbonyl (C=O) groups is 1. The van der Waals surface area contributed by atoms with E-state index in [9.17, 15) is 4.79 Å². The van der Waals surface area contributed by atoms with Crippen LogP contribution < -0.4 is 11.1 Å². The number of fused-ring (bicyclic) bond motifs is 1. The minimum absolute atomic E-state index is 0.0792. The summed E-state index contributed by atoms with van der Waals surface area (Å²) >= 11 is 0. The summed E-state index contributed by atoms with van der Waals surface area (Å²) in [4.78, 5) is 16.6. The zero-order chi connectivity index (χ0) is 14.4. The van der Waals surface area contributed by atoms with Crippen LogP contribution in [0.1, 0.15) is 16.8 Å². The van der Waals surface area contributed by atoms with Gasteiger partial charge in [0.2, 0.25) is 0 Å². The van der Waals surface area contributed by atoms with Crippen molar-refractivity contribution in [2.45, 2.75) is 12.5 Å². The van der Waals surface area contributed by atoms with Gasteiger partial charge in [0.15, 0.2) is 0 Å². The van der Waals surface area contributed by atoms with Crippen molar-refractivity contribution in [2.24, 2.45) is 5.73 Å². The molecule has 1 heterocycles. The number of pyridine rings is 1. The molecule has 1 unspecified atom stereocenters. The van der Waals surface area contributed by atoms with Crippen molar-refractivity contribution in [1.82, 2.24) is 10.3 Å². The van der Waals surface area contributed by atoms with Crippen molar-refractivity contribution in [2.75, 3.05) is 20.3 Å². The van der Waals surface area contributed by atoms with Crippen LogP contribution in [0.15, 0.2) is 36.5 Å². The molecular weight excluding hydrogens is 254 g/mol. The SMILES string of the molecule is COCC(CCN)NC(=O)c1ccnc2ccccc12. The van der Waals surface area contributed by atoms with E-state index in [2.05, 4.69) is 10.3 Å². The summed E-state index contributed by atoms with van der Waals surface area (Å²) < 4.78 is 5.10. The number of carbonyl (C=O) groups excluding carboxylic acids is 1. The number of nitrogens with two attached hydrogens (primary N) is 1. The molecule has 1 atom stereocenters. The minimum Gasteiger partial charge on any atom is -0.383 e. The number of aromatic nitrogens is 1.